The van der Waals surface area contributed by atoms with E-state index >= 15 is 0 Å². The Hall–Kier alpha value is -3.78. The van der Waals surface area contributed by atoms with Gasteiger partial charge in [-0.15, -0.1) is 5.10 Å². The fourth-order valence-electron chi connectivity index (χ4n) is 3.72. The summed E-state index contributed by atoms with van der Waals surface area (Å²) in [6, 6.07) is 22.9. The maximum atomic E-state index is 9.66. The predicted octanol–water partition coefficient (Wildman–Crippen LogP) is 5.55. The van der Waals surface area contributed by atoms with Crippen molar-refractivity contribution in [3.8, 4) is 11.9 Å². The normalized spacial score (nSPS) is 11.1. The van der Waals surface area contributed by atoms with E-state index in [-0.39, 0.29) is 11.4 Å². The molecule has 0 unspecified atom stereocenters. The van der Waals surface area contributed by atoms with Crippen molar-refractivity contribution in [1.29, 1.82) is 5.26 Å². The van der Waals surface area contributed by atoms with Crippen LogP contribution in [0.1, 0.15) is 47.6 Å². The molecule has 0 amide bonds. The van der Waals surface area contributed by atoms with Gasteiger partial charge in [-0.3, -0.25) is 0 Å². The predicted molar refractivity (Wildman–Crippen MR) is 124 cm³/mol. The average Bonchev–Trinajstić information content (AvgIpc) is 3.07. The summed E-state index contributed by atoms with van der Waals surface area (Å²) in [6.45, 7) is 7.19. The van der Waals surface area contributed by atoms with Crippen LogP contribution >= 0.6 is 0 Å². The number of nitrogen functional groups attached to an aromatic ring is 1. The minimum absolute atomic E-state index is 0.273. The first-order valence-electron chi connectivity index (χ1n) is 10.4. The molecule has 0 saturated heterocycles. The number of benzene rings is 3. The highest BCUT2D eigenvalue weighted by molar-refractivity contribution is 5.85. The topological polar surface area (TPSA) is 76.9 Å². The van der Waals surface area contributed by atoms with Crippen LogP contribution in [-0.4, -0.2) is 9.78 Å². The van der Waals surface area contributed by atoms with Crippen molar-refractivity contribution in [2.24, 2.45) is 0 Å². The molecule has 31 heavy (non-hydrogen) atoms. The molecular weight excluding hydrogens is 384 g/mol. The number of nitrogens with two attached hydrogens (primary N) is 1. The second kappa shape index (κ2) is 8.53. The zero-order chi connectivity index (χ0) is 22.0. The number of nitriles is 1. The monoisotopic (exact) mass is 410 g/mol. The number of fused-ring (bicyclic) bond motifs is 1. The maximum absolute atomic E-state index is 9.66. The Balaban J connectivity index is 1.62. The third kappa shape index (κ3) is 4.10. The SMILES string of the molecule is Cc1ccc(C(C)C)cc1COc1nn(Cc2cccc3ccccc23)c(N)c1C#N. The van der Waals surface area contributed by atoms with Crippen molar-refractivity contribution in [2.75, 3.05) is 5.73 Å². The quantitative estimate of drug-likeness (QED) is 0.452. The molecule has 156 valence electrons. The van der Waals surface area contributed by atoms with Gasteiger partial charge in [0.25, 0.3) is 5.88 Å². The van der Waals surface area contributed by atoms with Gasteiger partial charge < -0.3 is 10.5 Å². The van der Waals surface area contributed by atoms with Crippen LogP contribution in [0.2, 0.25) is 0 Å². The molecule has 0 saturated carbocycles. The summed E-state index contributed by atoms with van der Waals surface area (Å²) in [5, 5.41) is 16.5. The number of aryl methyl sites for hydroxylation is 1. The Labute approximate surface area is 182 Å². The molecule has 1 heterocycles. The highest BCUT2D eigenvalue weighted by Gasteiger charge is 2.18. The zero-order valence-corrected chi connectivity index (χ0v) is 18.1. The number of nitrogens with zero attached hydrogens (tertiary/aromatic N) is 3. The number of hydrogen-bond donors (Lipinski definition) is 1. The Bertz CT molecular complexity index is 1280. The lowest BCUT2D eigenvalue weighted by molar-refractivity contribution is 0.288. The summed E-state index contributed by atoms with van der Waals surface area (Å²) in [6.07, 6.45) is 0. The van der Waals surface area contributed by atoms with Gasteiger partial charge in [0, 0.05) is 0 Å². The second-order valence-electron chi connectivity index (χ2n) is 8.10. The molecule has 1 aromatic heterocycles. The van der Waals surface area contributed by atoms with E-state index in [4.69, 9.17) is 10.5 Å². The molecule has 0 aliphatic rings. The molecule has 3 aromatic carbocycles. The highest BCUT2D eigenvalue weighted by atomic mass is 16.5. The van der Waals surface area contributed by atoms with Crippen LogP contribution in [0.4, 0.5) is 5.82 Å². The Kier molecular flexibility index (Phi) is 5.64. The summed E-state index contributed by atoms with van der Waals surface area (Å²) in [5.41, 5.74) is 11.1. The van der Waals surface area contributed by atoms with Crippen molar-refractivity contribution in [1.82, 2.24) is 9.78 Å². The smallest absolute Gasteiger partial charge is 0.253 e. The van der Waals surface area contributed by atoms with Crippen molar-refractivity contribution >= 4 is 16.6 Å². The molecule has 4 rings (SSSR count). The number of hydrogen-bond acceptors (Lipinski definition) is 4. The van der Waals surface area contributed by atoms with Gasteiger partial charge in [-0.05, 0) is 45.9 Å². The number of ether oxygens (including phenoxy) is 1. The first-order valence-corrected chi connectivity index (χ1v) is 10.4. The van der Waals surface area contributed by atoms with Crippen LogP contribution in [0, 0.1) is 18.3 Å². The van der Waals surface area contributed by atoms with Crippen LogP contribution in [0.15, 0.2) is 60.7 Å². The van der Waals surface area contributed by atoms with E-state index in [2.05, 4.69) is 74.4 Å². The molecule has 5 nitrogen and oxygen atoms in total. The Morgan fingerprint density at radius 3 is 2.61 bits per heavy atom. The number of rotatable bonds is 6. The second-order valence-corrected chi connectivity index (χ2v) is 8.10. The van der Waals surface area contributed by atoms with E-state index in [0.717, 1.165) is 27.5 Å². The minimum Gasteiger partial charge on any atom is -0.471 e. The first kappa shape index (κ1) is 20.5. The Morgan fingerprint density at radius 1 is 1.06 bits per heavy atom. The van der Waals surface area contributed by atoms with Gasteiger partial charge in [0.2, 0.25) is 0 Å². The number of aromatic nitrogens is 2. The molecule has 0 bridgehead atoms. The standard InChI is InChI=1S/C26H26N4O/c1-17(2)20-12-11-18(3)22(13-20)16-31-26-24(14-27)25(28)30(29-26)15-21-9-6-8-19-7-4-5-10-23(19)21/h4-13,17H,15-16,28H2,1-3H3. The zero-order valence-electron chi connectivity index (χ0n) is 18.1. The van der Waals surface area contributed by atoms with Gasteiger partial charge in [-0.2, -0.15) is 5.26 Å². The van der Waals surface area contributed by atoms with Crippen molar-refractivity contribution < 1.29 is 4.74 Å². The molecule has 0 spiro atoms. The maximum Gasteiger partial charge on any atom is 0.253 e. The summed E-state index contributed by atoms with van der Waals surface area (Å²) < 4.78 is 7.63. The molecule has 4 aromatic rings. The van der Waals surface area contributed by atoms with Crippen molar-refractivity contribution in [3.05, 3.63) is 88.5 Å². The lowest BCUT2D eigenvalue weighted by Crippen LogP contribution is -2.07. The third-order valence-corrected chi connectivity index (χ3v) is 5.68. The highest BCUT2D eigenvalue weighted by Crippen LogP contribution is 2.27. The van der Waals surface area contributed by atoms with Crippen LogP contribution in [-0.2, 0) is 13.2 Å². The van der Waals surface area contributed by atoms with Gasteiger partial charge in [0.05, 0.1) is 6.54 Å². The Morgan fingerprint density at radius 2 is 1.84 bits per heavy atom. The molecule has 2 N–H and O–H groups in total. The molecule has 5 heteroatoms. The van der Waals surface area contributed by atoms with Crippen molar-refractivity contribution in [3.63, 3.8) is 0 Å². The first-order chi connectivity index (χ1) is 15.0. The summed E-state index contributed by atoms with van der Waals surface area (Å²) in [4.78, 5) is 0. The fourth-order valence-corrected chi connectivity index (χ4v) is 3.72. The molecule has 0 fully saturated rings. The van der Waals surface area contributed by atoms with Gasteiger partial charge in [-0.25, -0.2) is 4.68 Å². The molecule has 0 aliphatic carbocycles. The van der Waals surface area contributed by atoms with Gasteiger partial charge >= 0.3 is 0 Å². The molecule has 0 aliphatic heterocycles. The lowest BCUT2D eigenvalue weighted by Gasteiger charge is -2.11. The summed E-state index contributed by atoms with van der Waals surface area (Å²) >= 11 is 0. The van der Waals surface area contributed by atoms with Gasteiger partial charge in [0.1, 0.15) is 18.5 Å². The fraction of sp³-hybridized carbons (Fsp3) is 0.231. The van der Waals surface area contributed by atoms with Crippen LogP contribution < -0.4 is 10.5 Å². The van der Waals surface area contributed by atoms with Gasteiger partial charge in [0.15, 0.2) is 5.56 Å². The van der Waals surface area contributed by atoms with E-state index in [1.54, 1.807) is 4.68 Å². The van der Waals surface area contributed by atoms with E-state index in [1.807, 2.05) is 18.2 Å². The van der Waals surface area contributed by atoms with E-state index in [9.17, 15) is 5.26 Å². The summed E-state index contributed by atoms with van der Waals surface area (Å²) in [7, 11) is 0. The lowest BCUT2D eigenvalue weighted by atomic mass is 9.98. The van der Waals surface area contributed by atoms with E-state index in [1.165, 1.54) is 5.56 Å². The van der Waals surface area contributed by atoms with Crippen molar-refractivity contribution in [2.45, 2.75) is 39.8 Å². The van der Waals surface area contributed by atoms with E-state index < -0.39 is 0 Å². The van der Waals surface area contributed by atoms with E-state index in [0.29, 0.717) is 24.9 Å². The van der Waals surface area contributed by atoms with Crippen LogP contribution in [0.5, 0.6) is 5.88 Å². The third-order valence-electron chi connectivity index (χ3n) is 5.68. The molecule has 0 atom stereocenters. The minimum atomic E-state index is 0.273. The van der Waals surface area contributed by atoms with Gasteiger partial charge in [-0.1, -0.05) is 74.5 Å². The summed E-state index contributed by atoms with van der Waals surface area (Å²) in [5.74, 6) is 1.03. The number of anilines is 1. The van der Waals surface area contributed by atoms with Crippen LogP contribution in [0.3, 0.4) is 0 Å². The molecule has 0 radical (unpaired) electrons. The average molecular weight is 411 g/mol. The molecular formula is C26H26N4O. The van der Waals surface area contributed by atoms with Crippen LogP contribution in [0.25, 0.3) is 10.8 Å². The largest absolute Gasteiger partial charge is 0.471 e.